The van der Waals surface area contributed by atoms with Gasteiger partial charge in [-0.15, -0.1) is 0 Å². The van der Waals surface area contributed by atoms with Gasteiger partial charge in [0.25, 0.3) is 0 Å². The van der Waals surface area contributed by atoms with Crippen molar-refractivity contribution in [2.45, 2.75) is 57.2 Å². The minimum atomic E-state index is -0.859. The predicted octanol–water partition coefficient (Wildman–Crippen LogP) is 1.23. The molecule has 1 heterocycles. The summed E-state index contributed by atoms with van der Waals surface area (Å²) in [5.41, 5.74) is 0. The van der Waals surface area contributed by atoms with Gasteiger partial charge in [-0.2, -0.15) is 0 Å². The van der Waals surface area contributed by atoms with Crippen LogP contribution in [0.5, 0.6) is 0 Å². The van der Waals surface area contributed by atoms with Crippen molar-refractivity contribution in [2.75, 3.05) is 25.4 Å². The average molecular weight is 343 g/mol. The van der Waals surface area contributed by atoms with E-state index in [1.165, 1.54) is 6.42 Å². The highest BCUT2D eigenvalue weighted by Crippen LogP contribution is 2.23. The van der Waals surface area contributed by atoms with Gasteiger partial charge >= 0.3 is 6.03 Å². The van der Waals surface area contributed by atoms with Crippen molar-refractivity contribution in [3.63, 3.8) is 0 Å². The van der Waals surface area contributed by atoms with E-state index < -0.39 is 16.8 Å². The van der Waals surface area contributed by atoms with Crippen LogP contribution in [0.25, 0.3) is 0 Å². The van der Waals surface area contributed by atoms with E-state index in [4.69, 9.17) is 0 Å². The Balaban J connectivity index is 1.76. The normalized spacial score (nSPS) is 31.3. The lowest BCUT2D eigenvalue weighted by Gasteiger charge is -2.36. The maximum atomic E-state index is 12.0. The Morgan fingerprint density at radius 3 is 2.61 bits per heavy atom. The molecular formula is C16H29N3O3S. The fourth-order valence-electron chi connectivity index (χ4n) is 3.42. The summed E-state index contributed by atoms with van der Waals surface area (Å²) in [6, 6.07) is -0.235. The second-order valence-corrected chi connectivity index (χ2v) is 9.61. The van der Waals surface area contributed by atoms with Crippen molar-refractivity contribution in [1.82, 2.24) is 15.5 Å². The van der Waals surface area contributed by atoms with Crippen molar-refractivity contribution >= 4 is 22.7 Å². The number of rotatable bonds is 3. The number of hydrogen-bond acceptors (Lipinski definition) is 4. The molecule has 0 aromatic rings. The summed E-state index contributed by atoms with van der Waals surface area (Å²) in [7, 11) is -0.859. The molecule has 0 aromatic heterocycles. The van der Waals surface area contributed by atoms with E-state index in [9.17, 15) is 13.8 Å². The van der Waals surface area contributed by atoms with Crippen LogP contribution in [0.15, 0.2) is 0 Å². The highest BCUT2D eigenvalue weighted by atomic mass is 32.2. The van der Waals surface area contributed by atoms with Gasteiger partial charge in [0.2, 0.25) is 5.91 Å². The largest absolute Gasteiger partial charge is 0.335 e. The zero-order valence-corrected chi connectivity index (χ0v) is 15.2. The first-order chi connectivity index (χ1) is 10.8. The zero-order valence-electron chi connectivity index (χ0n) is 14.4. The second-order valence-electron chi connectivity index (χ2n) is 7.41. The fourth-order valence-corrected chi connectivity index (χ4v) is 4.72. The van der Waals surface area contributed by atoms with Crippen molar-refractivity contribution in [3.8, 4) is 0 Å². The van der Waals surface area contributed by atoms with Crippen LogP contribution in [-0.2, 0) is 15.6 Å². The number of amides is 3. The van der Waals surface area contributed by atoms with E-state index in [1.807, 2.05) is 18.7 Å². The third-order valence-corrected chi connectivity index (χ3v) is 6.78. The maximum Gasteiger partial charge on any atom is 0.321 e. The summed E-state index contributed by atoms with van der Waals surface area (Å²) in [6.07, 6.45) is 4.45. The quantitative estimate of drug-likeness (QED) is 0.808. The van der Waals surface area contributed by atoms with Crippen LogP contribution in [-0.4, -0.2) is 57.2 Å². The molecule has 0 unspecified atom stereocenters. The van der Waals surface area contributed by atoms with E-state index in [2.05, 4.69) is 17.6 Å². The van der Waals surface area contributed by atoms with Gasteiger partial charge in [0.15, 0.2) is 0 Å². The first-order valence-corrected chi connectivity index (χ1v) is 9.81. The topological polar surface area (TPSA) is 78.5 Å². The molecule has 0 radical (unpaired) electrons. The van der Waals surface area contributed by atoms with E-state index in [-0.39, 0.29) is 23.2 Å². The van der Waals surface area contributed by atoms with Gasteiger partial charge < -0.3 is 5.32 Å². The van der Waals surface area contributed by atoms with E-state index in [0.29, 0.717) is 24.8 Å². The molecule has 0 spiro atoms. The van der Waals surface area contributed by atoms with Crippen LogP contribution in [0.1, 0.15) is 46.5 Å². The van der Waals surface area contributed by atoms with Crippen LogP contribution in [0, 0.1) is 5.92 Å². The predicted molar refractivity (Wildman–Crippen MR) is 91.6 cm³/mol. The standard InChI is InChI=1S/C16H29N3O3S/c1-12-6-4-5-7-13(12)17-15(21)18-14(20)10-19-8-9-23(22)16(2,3)11-19/h12-13H,4-11H2,1-3H3,(H2,17,18,20,21)/t12-,13+,23-/m1/s1. The Labute approximate surface area is 141 Å². The number of carbonyl (C=O) groups excluding carboxylic acids is 2. The van der Waals surface area contributed by atoms with Crippen LogP contribution >= 0.6 is 0 Å². The molecule has 0 aromatic carbocycles. The first kappa shape index (κ1) is 18.4. The van der Waals surface area contributed by atoms with Crippen LogP contribution in [0.2, 0.25) is 0 Å². The summed E-state index contributed by atoms with van der Waals surface area (Å²) in [5.74, 6) is 0.739. The molecule has 7 heteroatoms. The van der Waals surface area contributed by atoms with Crippen molar-refractivity contribution in [1.29, 1.82) is 0 Å². The molecule has 0 bridgehead atoms. The molecule has 2 aliphatic rings. The molecule has 132 valence electrons. The highest BCUT2D eigenvalue weighted by Gasteiger charge is 2.34. The summed E-state index contributed by atoms with van der Waals surface area (Å²) in [5, 5.41) is 5.35. The Morgan fingerprint density at radius 1 is 1.26 bits per heavy atom. The van der Waals surface area contributed by atoms with Gasteiger partial charge in [-0.05, 0) is 32.6 Å². The summed E-state index contributed by atoms with van der Waals surface area (Å²) >= 11 is 0. The van der Waals surface area contributed by atoms with Gasteiger partial charge in [0.1, 0.15) is 0 Å². The van der Waals surface area contributed by atoms with Crippen LogP contribution < -0.4 is 10.6 Å². The van der Waals surface area contributed by atoms with Gasteiger partial charge in [-0.1, -0.05) is 19.8 Å². The number of hydrogen-bond donors (Lipinski definition) is 2. The molecule has 6 nitrogen and oxygen atoms in total. The number of carbonyl (C=O) groups is 2. The number of nitrogens with zero attached hydrogens (tertiary/aromatic N) is 1. The second kappa shape index (κ2) is 7.75. The molecule has 2 rings (SSSR count). The number of imide groups is 1. The van der Waals surface area contributed by atoms with Gasteiger partial charge in [0.05, 0.1) is 11.3 Å². The molecule has 1 aliphatic heterocycles. The zero-order chi connectivity index (χ0) is 17.0. The summed E-state index contributed by atoms with van der Waals surface area (Å²) < 4.78 is 11.6. The van der Waals surface area contributed by atoms with Crippen LogP contribution in [0.3, 0.4) is 0 Å². The maximum absolute atomic E-state index is 12.0. The lowest BCUT2D eigenvalue weighted by molar-refractivity contribution is -0.121. The molecule has 1 aliphatic carbocycles. The Bertz CT molecular complexity index is 481. The molecule has 1 saturated heterocycles. The third kappa shape index (κ3) is 5.28. The summed E-state index contributed by atoms with van der Waals surface area (Å²) in [4.78, 5) is 26.0. The lowest BCUT2D eigenvalue weighted by Crippen LogP contribution is -2.54. The van der Waals surface area contributed by atoms with Gasteiger partial charge in [-0.3, -0.25) is 19.2 Å². The lowest BCUT2D eigenvalue weighted by atomic mass is 9.86. The molecule has 2 N–H and O–H groups in total. The molecule has 23 heavy (non-hydrogen) atoms. The smallest absolute Gasteiger partial charge is 0.321 e. The monoisotopic (exact) mass is 343 g/mol. The molecule has 3 atom stereocenters. The minimum absolute atomic E-state index is 0.160. The van der Waals surface area contributed by atoms with E-state index in [1.54, 1.807) is 0 Å². The Kier molecular flexibility index (Phi) is 6.19. The minimum Gasteiger partial charge on any atom is -0.335 e. The molecule has 1 saturated carbocycles. The fraction of sp³-hybridized carbons (Fsp3) is 0.875. The number of nitrogens with one attached hydrogen (secondary N) is 2. The van der Waals surface area contributed by atoms with Crippen molar-refractivity contribution in [3.05, 3.63) is 0 Å². The highest BCUT2D eigenvalue weighted by molar-refractivity contribution is 7.86. The van der Waals surface area contributed by atoms with Gasteiger partial charge in [-0.25, -0.2) is 4.79 Å². The Morgan fingerprint density at radius 2 is 1.96 bits per heavy atom. The molecule has 2 fully saturated rings. The van der Waals surface area contributed by atoms with Crippen LogP contribution in [0.4, 0.5) is 4.79 Å². The van der Waals surface area contributed by atoms with E-state index in [0.717, 1.165) is 19.3 Å². The summed E-state index contributed by atoms with van der Waals surface area (Å²) in [6.45, 7) is 7.45. The number of urea groups is 1. The van der Waals surface area contributed by atoms with Crippen molar-refractivity contribution < 1.29 is 13.8 Å². The molecular weight excluding hydrogens is 314 g/mol. The van der Waals surface area contributed by atoms with E-state index >= 15 is 0 Å². The average Bonchev–Trinajstić information content (AvgIpc) is 2.45. The van der Waals surface area contributed by atoms with Gasteiger partial charge in [0, 0.05) is 35.7 Å². The molecule has 3 amide bonds. The SMILES string of the molecule is C[C@@H]1CCCC[C@@H]1NC(=O)NC(=O)CN1CC[S@@](=O)C(C)(C)C1. The Hall–Kier alpha value is -0.950. The third-order valence-electron chi connectivity index (χ3n) is 4.86. The van der Waals surface area contributed by atoms with Crippen molar-refractivity contribution in [2.24, 2.45) is 5.92 Å². The first-order valence-electron chi connectivity index (χ1n) is 8.49.